The second kappa shape index (κ2) is 58.7. The van der Waals surface area contributed by atoms with E-state index in [1.54, 1.807) is 0 Å². The molecule has 2 saturated heterocycles. The molecule has 516 valence electrons. The number of carbonyl (C=O) groups is 1. The fourth-order valence-corrected chi connectivity index (χ4v) is 12.2. The van der Waals surface area contributed by atoms with E-state index in [9.17, 15) is 45.6 Å². The Kier molecular flexibility index (Phi) is 54.8. The summed E-state index contributed by atoms with van der Waals surface area (Å²) in [7, 11) is 0. The summed E-state index contributed by atoms with van der Waals surface area (Å²) in [5.74, 6) is -0.200. The molecule has 14 nitrogen and oxygen atoms in total. The molecule has 2 fully saturated rings. The number of ether oxygens (including phenoxy) is 4. The van der Waals surface area contributed by atoms with E-state index in [1.807, 2.05) is 0 Å². The Bertz CT molecular complexity index is 1660. The zero-order valence-corrected chi connectivity index (χ0v) is 56.2. The molecule has 2 aliphatic rings. The van der Waals surface area contributed by atoms with E-state index in [-0.39, 0.29) is 12.5 Å². The third-order valence-electron chi connectivity index (χ3n) is 18.1. The molecule has 0 bridgehead atoms. The van der Waals surface area contributed by atoms with Crippen molar-refractivity contribution in [3.05, 3.63) is 48.6 Å². The van der Waals surface area contributed by atoms with Crippen LogP contribution in [0.1, 0.15) is 322 Å². The number of carbonyl (C=O) groups excluding carboxylic acids is 1. The lowest BCUT2D eigenvalue weighted by Crippen LogP contribution is -2.65. The summed E-state index contributed by atoms with van der Waals surface area (Å²) in [6.07, 6.45) is 59.9. The Balaban J connectivity index is 1.60. The molecule has 12 atom stereocenters. The van der Waals surface area contributed by atoms with Gasteiger partial charge in [0.25, 0.3) is 0 Å². The van der Waals surface area contributed by atoms with Crippen molar-refractivity contribution >= 4 is 5.91 Å². The van der Waals surface area contributed by atoms with Crippen LogP contribution in [0.4, 0.5) is 0 Å². The summed E-state index contributed by atoms with van der Waals surface area (Å²) < 4.78 is 22.9. The van der Waals surface area contributed by atoms with Crippen molar-refractivity contribution in [2.45, 2.75) is 396 Å². The third kappa shape index (κ3) is 42.2. The summed E-state index contributed by atoms with van der Waals surface area (Å²) in [6.45, 7) is 2.80. The van der Waals surface area contributed by atoms with Crippen LogP contribution in [0, 0.1) is 0 Å². The van der Waals surface area contributed by atoms with Crippen LogP contribution in [-0.4, -0.2) is 140 Å². The Labute approximate surface area is 537 Å². The first kappa shape index (κ1) is 82.0. The van der Waals surface area contributed by atoms with Crippen molar-refractivity contribution < 1.29 is 64.6 Å². The number of nitrogens with one attached hydrogen (secondary N) is 1. The summed E-state index contributed by atoms with van der Waals surface area (Å²) in [5, 5.41) is 87.6. The Morgan fingerprint density at radius 3 is 1.20 bits per heavy atom. The largest absolute Gasteiger partial charge is 0.394 e. The number of aliphatic hydroxyl groups excluding tert-OH is 8. The van der Waals surface area contributed by atoms with Crippen LogP contribution in [0.2, 0.25) is 0 Å². The number of hydrogen-bond acceptors (Lipinski definition) is 13. The summed E-state index contributed by atoms with van der Waals surface area (Å²) in [6, 6.07) is -0.828. The minimum absolute atomic E-state index is 0.200. The number of amides is 1. The zero-order valence-electron chi connectivity index (χ0n) is 56.2. The summed E-state index contributed by atoms with van der Waals surface area (Å²) >= 11 is 0. The molecular formula is C74H137NO13. The maximum absolute atomic E-state index is 13.4. The van der Waals surface area contributed by atoms with Gasteiger partial charge in [0.1, 0.15) is 48.8 Å². The van der Waals surface area contributed by atoms with Gasteiger partial charge in [0, 0.05) is 6.42 Å². The van der Waals surface area contributed by atoms with Crippen molar-refractivity contribution in [3.8, 4) is 0 Å². The molecule has 0 aliphatic carbocycles. The van der Waals surface area contributed by atoms with Crippen molar-refractivity contribution in [2.24, 2.45) is 0 Å². The van der Waals surface area contributed by atoms with Crippen LogP contribution in [0.3, 0.4) is 0 Å². The highest BCUT2D eigenvalue weighted by Crippen LogP contribution is 2.30. The van der Waals surface area contributed by atoms with Crippen molar-refractivity contribution in [2.75, 3.05) is 19.8 Å². The molecule has 14 heteroatoms. The summed E-state index contributed by atoms with van der Waals surface area (Å²) in [5.41, 5.74) is 0. The Hall–Kier alpha value is -2.05. The van der Waals surface area contributed by atoms with Gasteiger partial charge in [-0.15, -0.1) is 0 Å². The van der Waals surface area contributed by atoms with Gasteiger partial charge in [-0.2, -0.15) is 0 Å². The van der Waals surface area contributed by atoms with Crippen molar-refractivity contribution in [3.63, 3.8) is 0 Å². The van der Waals surface area contributed by atoms with Crippen LogP contribution < -0.4 is 5.32 Å². The molecule has 2 aliphatic heterocycles. The molecule has 0 radical (unpaired) electrons. The molecule has 12 unspecified atom stereocenters. The van der Waals surface area contributed by atoms with E-state index in [2.05, 4.69) is 67.8 Å². The maximum Gasteiger partial charge on any atom is 0.220 e. The average molecular weight is 1250 g/mol. The first-order valence-electron chi connectivity index (χ1n) is 36.9. The highest BCUT2D eigenvalue weighted by molar-refractivity contribution is 5.76. The minimum Gasteiger partial charge on any atom is -0.394 e. The molecule has 0 saturated carbocycles. The molecule has 1 amide bonds. The number of aliphatic hydroxyl groups is 8. The molecule has 0 aromatic heterocycles. The maximum atomic E-state index is 13.4. The average Bonchev–Trinajstić information content (AvgIpc) is 1.84. The van der Waals surface area contributed by atoms with Crippen LogP contribution in [0.5, 0.6) is 0 Å². The predicted molar refractivity (Wildman–Crippen MR) is 360 cm³/mol. The van der Waals surface area contributed by atoms with Crippen molar-refractivity contribution in [1.29, 1.82) is 0 Å². The number of unbranched alkanes of at least 4 members (excludes halogenated alkanes) is 40. The molecule has 0 aromatic rings. The monoisotopic (exact) mass is 1250 g/mol. The highest BCUT2D eigenvalue weighted by Gasteiger charge is 2.51. The van der Waals surface area contributed by atoms with E-state index in [0.29, 0.717) is 12.8 Å². The van der Waals surface area contributed by atoms with Gasteiger partial charge in [-0.05, 0) is 51.4 Å². The minimum atomic E-state index is -1.78. The molecule has 9 N–H and O–H groups in total. The van der Waals surface area contributed by atoms with E-state index >= 15 is 0 Å². The van der Waals surface area contributed by atoms with E-state index in [0.717, 1.165) is 77.0 Å². The topological polar surface area (TPSA) is 228 Å². The molecule has 2 rings (SSSR count). The molecule has 2 heterocycles. The normalized spacial score (nSPS) is 23.4. The van der Waals surface area contributed by atoms with Gasteiger partial charge in [0.15, 0.2) is 12.6 Å². The van der Waals surface area contributed by atoms with Gasteiger partial charge < -0.3 is 65.1 Å². The fourth-order valence-electron chi connectivity index (χ4n) is 12.2. The molecular weight excluding hydrogens is 1110 g/mol. The van der Waals surface area contributed by atoms with Gasteiger partial charge in [-0.1, -0.05) is 313 Å². The molecule has 0 spiro atoms. The SMILES string of the molecule is CC/C=C\C/C=C\C/C=C\C/C=C\CCCCCCCCCCCCCCCCCCCCCCCCC(=O)NC(COC1OC(CO)C(OC2OC(CO)C(O)C(O)C2O)C(O)C1O)C(O)CCCCCCCCCCCCCCCCCCCCC. The molecule has 88 heavy (non-hydrogen) atoms. The van der Waals surface area contributed by atoms with Crippen LogP contribution in [-0.2, 0) is 23.7 Å². The lowest BCUT2D eigenvalue weighted by Gasteiger charge is -2.46. The number of allylic oxidation sites excluding steroid dienone is 8. The lowest BCUT2D eigenvalue weighted by atomic mass is 9.97. The number of hydrogen-bond donors (Lipinski definition) is 9. The summed E-state index contributed by atoms with van der Waals surface area (Å²) in [4.78, 5) is 13.4. The highest BCUT2D eigenvalue weighted by atomic mass is 16.7. The Morgan fingerprint density at radius 2 is 0.784 bits per heavy atom. The van der Waals surface area contributed by atoms with Gasteiger partial charge in [-0.25, -0.2) is 0 Å². The first-order chi connectivity index (χ1) is 43.1. The second-order valence-corrected chi connectivity index (χ2v) is 26.0. The van der Waals surface area contributed by atoms with Gasteiger partial charge in [-0.3, -0.25) is 4.79 Å². The van der Waals surface area contributed by atoms with Gasteiger partial charge in [0.2, 0.25) is 5.91 Å². The van der Waals surface area contributed by atoms with Gasteiger partial charge >= 0.3 is 0 Å². The fraction of sp³-hybridized carbons (Fsp3) is 0.878. The zero-order chi connectivity index (χ0) is 63.8. The second-order valence-electron chi connectivity index (χ2n) is 26.0. The predicted octanol–water partition coefficient (Wildman–Crippen LogP) is 15.5. The standard InChI is InChI=1S/C74H137NO13/c1-3-5-7-9-11-13-15-17-19-21-23-24-25-26-27-28-29-30-31-32-33-34-35-36-37-38-40-42-44-46-48-50-52-54-56-58-66(79)75-62(63(78)57-55-53-51-49-47-45-43-41-39-22-20-18-16-14-12-10-8-6-4-2)61-85-73-71(84)69(82)72(65(60-77)87-73)88-74-70(83)68(81)67(80)64(59-76)86-74/h5,7,11,13,17,19,23-24,62-65,67-74,76-78,80-84H,3-4,6,8-10,12,14-16,18,20-22,25-61H2,1-2H3,(H,75,79)/b7-5-,13-11-,19-17-,24-23-. The smallest absolute Gasteiger partial charge is 0.220 e. The van der Waals surface area contributed by atoms with E-state index in [4.69, 9.17) is 18.9 Å². The first-order valence-corrected chi connectivity index (χ1v) is 36.9. The van der Waals surface area contributed by atoms with E-state index < -0.39 is 86.8 Å². The Morgan fingerprint density at radius 1 is 0.420 bits per heavy atom. The van der Waals surface area contributed by atoms with Crippen LogP contribution in [0.15, 0.2) is 48.6 Å². The molecule has 0 aromatic carbocycles. The van der Waals surface area contributed by atoms with Crippen LogP contribution >= 0.6 is 0 Å². The quantitative estimate of drug-likeness (QED) is 0.0204. The lowest BCUT2D eigenvalue weighted by molar-refractivity contribution is -0.359. The van der Waals surface area contributed by atoms with E-state index in [1.165, 1.54) is 218 Å². The third-order valence-corrected chi connectivity index (χ3v) is 18.1. The number of rotatable bonds is 61. The van der Waals surface area contributed by atoms with Crippen LogP contribution in [0.25, 0.3) is 0 Å². The van der Waals surface area contributed by atoms with Crippen molar-refractivity contribution in [1.82, 2.24) is 5.32 Å². The van der Waals surface area contributed by atoms with Gasteiger partial charge in [0.05, 0.1) is 32.0 Å².